The topological polar surface area (TPSA) is 82.8 Å². The SMILES string of the molecule is [C-]#[N+]c1ccc(NC(=O)C(C)(O)CSc2cccc(NC(=O)CCl)c2)cc1C(F)(F)F. The number of nitrogens with one attached hydrogen (secondary N) is 2. The molecule has 31 heavy (non-hydrogen) atoms. The second kappa shape index (κ2) is 10.0. The second-order valence-electron chi connectivity index (χ2n) is 6.57. The first-order valence-electron chi connectivity index (χ1n) is 8.67. The van der Waals surface area contributed by atoms with Crippen LogP contribution in [-0.2, 0) is 15.8 Å². The highest BCUT2D eigenvalue weighted by Gasteiger charge is 2.35. The smallest absolute Gasteiger partial charge is 0.379 e. The van der Waals surface area contributed by atoms with E-state index in [0.717, 1.165) is 23.9 Å². The number of hydrogen-bond acceptors (Lipinski definition) is 4. The summed E-state index contributed by atoms with van der Waals surface area (Å²) in [6.45, 7) is 8.07. The predicted octanol–water partition coefficient (Wildman–Crippen LogP) is 4.92. The number of halogens is 4. The number of benzene rings is 2. The molecule has 2 amide bonds. The van der Waals surface area contributed by atoms with Gasteiger partial charge in [0.2, 0.25) is 5.91 Å². The highest BCUT2D eigenvalue weighted by atomic mass is 35.5. The van der Waals surface area contributed by atoms with Crippen molar-refractivity contribution < 1.29 is 27.9 Å². The van der Waals surface area contributed by atoms with Crippen LogP contribution in [-0.4, -0.2) is 34.2 Å². The van der Waals surface area contributed by atoms with Crippen molar-refractivity contribution in [2.45, 2.75) is 23.6 Å². The fraction of sp³-hybridized carbons (Fsp3) is 0.250. The minimum absolute atomic E-state index is 0.113. The highest BCUT2D eigenvalue weighted by molar-refractivity contribution is 7.99. The van der Waals surface area contributed by atoms with Crippen molar-refractivity contribution in [3.63, 3.8) is 0 Å². The van der Waals surface area contributed by atoms with Gasteiger partial charge in [-0.15, -0.1) is 23.4 Å². The predicted molar refractivity (Wildman–Crippen MR) is 113 cm³/mol. The van der Waals surface area contributed by atoms with Gasteiger partial charge in [-0.1, -0.05) is 12.1 Å². The Labute approximate surface area is 185 Å². The molecular formula is C20H17ClF3N3O3S. The number of aliphatic hydroxyl groups is 1. The zero-order chi connectivity index (χ0) is 23.2. The minimum atomic E-state index is -4.76. The van der Waals surface area contributed by atoms with Gasteiger partial charge >= 0.3 is 6.18 Å². The van der Waals surface area contributed by atoms with Gasteiger partial charge in [-0.2, -0.15) is 13.2 Å². The molecule has 2 rings (SSSR count). The summed E-state index contributed by atoms with van der Waals surface area (Å²) in [4.78, 5) is 27.3. The third-order valence-electron chi connectivity index (χ3n) is 3.93. The molecular weight excluding hydrogens is 455 g/mol. The molecule has 2 aromatic carbocycles. The quantitative estimate of drug-likeness (QED) is 0.304. The van der Waals surface area contributed by atoms with Crippen molar-refractivity contribution >= 4 is 52.2 Å². The third kappa shape index (κ3) is 6.89. The van der Waals surface area contributed by atoms with Gasteiger partial charge in [0.1, 0.15) is 11.5 Å². The van der Waals surface area contributed by atoms with Crippen LogP contribution in [0.4, 0.5) is 30.2 Å². The second-order valence-corrected chi connectivity index (χ2v) is 7.88. The lowest BCUT2D eigenvalue weighted by Gasteiger charge is -2.22. The van der Waals surface area contributed by atoms with E-state index in [9.17, 15) is 27.9 Å². The van der Waals surface area contributed by atoms with Crippen molar-refractivity contribution in [3.8, 4) is 0 Å². The van der Waals surface area contributed by atoms with Gasteiger partial charge < -0.3 is 15.7 Å². The molecule has 0 bridgehead atoms. The van der Waals surface area contributed by atoms with E-state index in [1.54, 1.807) is 24.3 Å². The number of anilines is 2. The van der Waals surface area contributed by atoms with Crippen molar-refractivity contribution in [2.75, 3.05) is 22.3 Å². The zero-order valence-corrected chi connectivity index (χ0v) is 17.7. The van der Waals surface area contributed by atoms with E-state index < -0.39 is 34.8 Å². The maximum atomic E-state index is 13.1. The number of alkyl halides is 4. The number of carbonyl (C=O) groups excluding carboxylic acids is 2. The summed E-state index contributed by atoms with van der Waals surface area (Å²) in [7, 11) is 0. The lowest BCUT2D eigenvalue weighted by atomic mass is 10.1. The molecule has 6 nitrogen and oxygen atoms in total. The molecule has 2 aromatic rings. The summed E-state index contributed by atoms with van der Waals surface area (Å²) in [5.41, 5.74) is -3.39. The Kier molecular flexibility index (Phi) is 7.95. The van der Waals surface area contributed by atoms with Gasteiger partial charge in [-0.3, -0.25) is 9.59 Å². The molecule has 0 spiro atoms. The van der Waals surface area contributed by atoms with Crippen LogP contribution in [0.15, 0.2) is 47.4 Å². The normalized spacial score (nSPS) is 13.1. The standard InChI is InChI=1S/C20H17ClF3N3O3S/c1-19(30,11-31-14-5-3-4-12(8-14)26-17(28)10-21)18(29)27-13-6-7-16(25-2)15(9-13)20(22,23)24/h3-9,30H,10-11H2,1H3,(H,26,28)(H,27,29). The van der Waals surface area contributed by atoms with Crippen LogP contribution in [0, 0.1) is 6.57 Å². The summed E-state index contributed by atoms with van der Waals surface area (Å²) in [5.74, 6) is -1.62. The van der Waals surface area contributed by atoms with E-state index in [1.807, 2.05) is 0 Å². The number of amides is 2. The lowest BCUT2D eigenvalue weighted by molar-refractivity contribution is -0.137. The summed E-state index contributed by atoms with van der Waals surface area (Å²) >= 11 is 6.56. The minimum Gasteiger partial charge on any atom is -0.379 e. The maximum Gasteiger partial charge on any atom is 0.407 e. The average Bonchev–Trinajstić information content (AvgIpc) is 2.71. The Hall–Kier alpha value is -2.74. The van der Waals surface area contributed by atoms with E-state index in [0.29, 0.717) is 16.6 Å². The van der Waals surface area contributed by atoms with E-state index in [4.69, 9.17) is 18.2 Å². The number of hydrogen-bond donors (Lipinski definition) is 3. The molecule has 0 aromatic heterocycles. The van der Waals surface area contributed by atoms with E-state index in [2.05, 4.69) is 15.5 Å². The molecule has 1 unspecified atom stereocenters. The Morgan fingerprint density at radius 1 is 1.16 bits per heavy atom. The largest absolute Gasteiger partial charge is 0.407 e. The number of thioether (sulfide) groups is 1. The summed E-state index contributed by atoms with van der Waals surface area (Å²) in [6.07, 6.45) is -4.76. The molecule has 11 heteroatoms. The molecule has 0 heterocycles. The van der Waals surface area contributed by atoms with Crippen LogP contribution in [0.2, 0.25) is 0 Å². The first-order valence-corrected chi connectivity index (χ1v) is 10.2. The Bertz CT molecular complexity index is 1020. The molecule has 0 aliphatic rings. The monoisotopic (exact) mass is 471 g/mol. The van der Waals surface area contributed by atoms with Gasteiger partial charge in [-0.25, -0.2) is 4.85 Å². The van der Waals surface area contributed by atoms with Crippen LogP contribution in [0.1, 0.15) is 12.5 Å². The van der Waals surface area contributed by atoms with Crippen molar-refractivity contribution in [2.24, 2.45) is 0 Å². The van der Waals surface area contributed by atoms with E-state index in [1.165, 1.54) is 6.92 Å². The molecule has 0 saturated carbocycles. The van der Waals surface area contributed by atoms with Crippen LogP contribution >= 0.6 is 23.4 Å². The number of rotatable bonds is 7. The third-order valence-corrected chi connectivity index (χ3v) is 5.46. The van der Waals surface area contributed by atoms with Crippen LogP contribution in [0.5, 0.6) is 0 Å². The first-order chi connectivity index (χ1) is 14.5. The molecule has 0 radical (unpaired) electrons. The Balaban J connectivity index is 2.08. The van der Waals surface area contributed by atoms with Gasteiger partial charge in [0, 0.05) is 22.0 Å². The summed E-state index contributed by atoms with van der Waals surface area (Å²) in [5, 5.41) is 15.3. The number of nitrogens with zero attached hydrogens (tertiary/aromatic N) is 1. The van der Waals surface area contributed by atoms with Gasteiger partial charge in [0.05, 0.1) is 12.1 Å². The molecule has 3 N–H and O–H groups in total. The number of carbonyl (C=O) groups is 2. The van der Waals surface area contributed by atoms with E-state index in [-0.39, 0.29) is 17.3 Å². The Morgan fingerprint density at radius 3 is 2.45 bits per heavy atom. The molecule has 1 atom stereocenters. The van der Waals surface area contributed by atoms with Crippen LogP contribution < -0.4 is 10.6 Å². The lowest BCUT2D eigenvalue weighted by Crippen LogP contribution is -2.42. The molecule has 0 aliphatic heterocycles. The van der Waals surface area contributed by atoms with E-state index >= 15 is 0 Å². The molecule has 0 aliphatic carbocycles. The molecule has 164 valence electrons. The summed E-state index contributed by atoms with van der Waals surface area (Å²) < 4.78 is 39.3. The first kappa shape index (κ1) is 24.5. The highest BCUT2D eigenvalue weighted by Crippen LogP contribution is 2.38. The van der Waals surface area contributed by atoms with Gasteiger partial charge in [0.15, 0.2) is 5.69 Å². The molecule has 0 fully saturated rings. The zero-order valence-electron chi connectivity index (χ0n) is 16.1. The maximum absolute atomic E-state index is 13.1. The van der Waals surface area contributed by atoms with Crippen LogP contribution in [0.3, 0.4) is 0 Å². The van der Waals surface area contributed by atoms with Gasteiger partial charge in [0.25, 0.3) is 5.91 Å². The van der Waals surface area contributed by atoms with Crippen molar-refractivity contribution in [3.05, 3.63) is 59.4 Å². The fourth-order valence-corrected chi connectivity index (χ4v) is 3.38. The fourth-order valence-electron chi connectivity index (χ4n) is 2.35. The Morgan fingerprint density at radius 2 is 1.84 bits per heavy atom. The average molecular weight is 472 g/mol. The molecule has 0 saturated heterocycles. The van der Waals surface area contributed by atoms with Crippen molar-refractivity contribution in [1.82, 2.24) is 0 Å². The van der Waals surface area contributed by atoms with Gasteiger partial charge in [-0.05, 0) is 37.3 Å². The van der Waals surface area contributed by atoms with Crippen molar-refractivity contribution in [1.29, 1.82) is 0 Å². The van der Waals surface area contributed by atoms with Crippen LogP contribution in [0.25, 0.3) is 4.85 Å². The summed E-state index contributed by atoms with van der Waals surface area (Å²) in [6, 6.07) is 9.40.